The van der Waals surface area contributed by atoms with Crippen LogP contribution in [0, 0.1) is 12.0 Å². The molecule has 0 unspecified atom stereocenters. The number of amides is 1. The van der Waals surface area contributed by atoms with Crippen molar-refractivity contribution in [2.45, 2.75) is 70.1 Å². The Kier molecular flexibility index (Phi) is 3.13. The maximum atomic E-state index is 12.8. The second-order valence-corrected chi connectivity index (χ2v) is 9.02. The molecule has 5 nitrogen and oxygen atoms in total. The summed E-state index contributed by atoms with van der Waals surface area (Å²) in [6, 6.07) is 0. The number of hydrogen-bond acceptors (Lipinski definition) is 3. The van der Waals surface area contributed by atoms with Gasteiger partial charge >= 0.3 is 7.12 Å². The van der Waals surface area contributed by atoms with Crippen LogP contribution in [0.15, 0.2) is 11.5 Å². The van der Waals surface area contributed by atoms with E-state index in [2.05, 4.69) is 38.6 Å². The Hall–Kier alpha value is -1.32. The molecule has 2 heterocycles. The van der Waals surface area contributed by atoms with Crippen molar-refractivity contribution >= 4 is 13.0 Å². The Morgan fingerprint density at radius 2 is 1.79 bits per heavy atom. The van der Waals surface area contributed by atoms with Crippen molar-refractivity contribution in [3.63, 3.8) is 0 Å². The minimum absolute atomic E-state index is 0.185. The second-order valence-electron chi connectivity index (χ2n) is 9.02. The van der Waals surface area contributed by atoms with Crippen molar-refractivity contribution in [2.24, 2.45) is 5.41 Å². The fourth-order valence-electron chi connectivity index (χ4n) is 4.49. The van der Waals surface area contributed by atoms with E-state index in [-0.39, 0.29) is 35.2 Å². The molecule has 0 aromatic heterocycles. The first-order valence-electron chi connectivity index (χ1n) is 8.85. The third kappa shape index (κ3) is 2.04. The monoisotopic (exact) mass is 328 g/mol. The largest absolute Gasteiger partial charge is 0.490 e. The number of nitrogens with zero attached hydrogens (tertiary/aromatic N) is 2. The Morgan fingerprint density at radius 3 is 2.25 bits per heavy atom. The summed E-state index contributed by atoms with van der Waals surface area (Å²) in [5.74, 6) is 0.247. The molecule has 6 heteroatoms. The molecule has 0 N–H and O–H groups in total. The highest BCUT2D eigenvalue weighted by Gasteiger charge is 2.78. The zero-order chi connectivity index (χ0) is 17.4. The van der Waals surface area contributed by atoms with Gasteiger partial charge in [0.25, 0.3) is 0 Å². The van der Waals surface area contributed by atoms with Crippen molar-refractivity contribution in [1.29, 1.82) is 0 Å². The maximum Gasteiger partial charge on any atom is 0.490 e. The van der Waals surface area contributed by atoms with E-state index < -0.39 is 0 Å². The lowest BCUT2D eigenvalue weighted by Gasteiger charge is -2.61. The van der Waals surface area contributed by atoms with Gasteiger partial charge in [0.15, 0.2) is 0 Å². The standard InChI is InChI=1S/C18H25BN2O3/c1-15(2)16(3,4)24-19(23-15)13-6-8-21(9-7-13)14(22)17-10-18(11-17,12-17)20-5/h6H,7-12H2,1-4H3. The third-order valence-electron chi connectivity index (χ3n) is 6.78. The molecule has 0 aromatic carbocycles. The maximum absolute atomic E-state index is 12.8. The first-order chi connectivity index (χ1) is 11.1. The molecule has 5 rings (SSSR count). The molecular weight excluding hydrogens is 303 g/mol. The summed E-state index contributed by atoms with van der Waals surface area (Å²) in [4.78, 5) is 18.4. The lowest BCUT2D eigenvalue weighted by Crippen LogP contribution is -2.71. The highest BCUT2D eigenvalue weighted by Crippen LogP contribution is 2.70. The van der Waals surface area contributed by atoms with Crippen molar-refractivity contribution in [3.8, 4) is 0 Å². The van der Waals surface area contributed by atoms with Crippen molar-refractivity contribution in [1.82, 2.24) is 4.90 Å². The van der Waals surface area contributed by atoms with Gasteiger partial charge in [0, 0.05) is 32.4 Å². The summed E-state index contributed by atoms with van der Waals surface area (Å²) in [5.41, 5.74) is 0.0967. The minimum Gasteiger partial charge on any atom is -0.400 e. The molecule has 0 radical (unpaired) electrons. The molecule has 24 heavy (non-hydrogen) atoms. The average molecular weight is 328 g/mol. The Bertz CT molecular complexity index is 640. The van der Waals surface area contributed by atoms with Crippen molar-refractivity contribution < 1.29 is 14.1 Å². The highest BCUT2D eigenvalue weighted by molar-refractivity contribution is 6.54. The van der Waals surface area contributed by atoms with Gasteiger partial charge in [-0.1, -0.05) is 6.08 Å². The summed E-state index contributed by atoms with van der Waals surface area (Å²) in [6.45, 7) is 16.8. The van der Waals surface area contributed by atoms with Gasteiger partial charge in [-0.2, -0.15) is 0 Å². The van der Waals surface area contributed by atoms with Crippen LogP contribution >= 0.6 is 0 Å². The number of carbonyl (C=O) groups is 1. The molecule has 1 saturated heterocycles. The van der Waals surface area contributed by atoms with Gasteiger partial charge in [-0.15, -0.1) is 0 Å². The van der Waals surface area contributed by atoms with Crippen molar-refractivity contribution in [2.75, 3.05) is 13.1 Å². The molecular formula is C18H25BN2O3. The number of hydrogen-bond donors (Lipinski definition) is 0. The molecule has 3 aliphatic carbocycles. The number of rotatable bonds is 2. The van der Waals surface area contributed by atoms with Gasteiger partial charge in [-0.3, -0.25) is 4.79 Å². The van der Waals surface area contributed by atoms with Crippen molar-refractivity contribution in [3.05, 3.63) is 23.0 Å². The van der Waals surface area contributed by atoms with Crippen LogP contribution in [0.25, 0.3) is 4.85 Å². The molecule has 0 atom stereocenters. The van der Waals surface area contributed by atoms with Crippen LogP contribution in [0.5, 0.6) is 0 Å². The van der Waals surface area contributed by atoms with E-state index in [1.54, 1.807) is 0 Å². The van der Waals surface area contributed by atoms with Crippen LogP contribution in [-0.2, 0) is 14.1 Å². The molecule has 128 valence electrons. The van der Waals surface area contributed by atoms with Crippen LogP contribution in [-0.4, -0.2) is 47.8 Å². The molecule has 3 saturated carbocycles. The van der Waals surface area contributed by atoms with E-state index in [1.165, 1.54) is 0 Å². The van der Waals surface area contributed by atoms with Crippen LogP contribution in [0.1, 0.15) is 53.4 Å². The predicted molar refractivity (Wildman–Crippen MR) is 91.0 cm³/mol. The predicted octanol–water partition coefficient (Wildman–Crippen LogP) is 2.62. The van der Waals surface area contributed by atoms with E-state index in [9.17, 15) is 4.79 Å². The van der Waals surface area contributed by atoms with Gasteiger partial charge in [-0.05, 0) is 39.6 Å². The molecule has 0 aromatic rings. The smallest absolute Gasteiger partial charge is 0.400 e. The van der Waals surface area contributed by atoms with Gasteiger partial charge in [0.2, 0.25) is 11.4 Å². The van der Waals surface area contributed by atoms with Crippen LogP contribution in [0.3, 0.4) is 0 Å². The Morgan fingerprint density at radius 1 is 1.21 bits per heavy atom. The molecule has 2 bridgehead atoms. The first kappa shape index (κ1) is 16.2. The SMILES string of the molecule is [C-]#[N+]C12CC(C(=O)N3CC=C(B4OC(C)(C)C(C)(C)O4)CC3)(C1)C2. The molecule has 2 aliphatic heterocycles. The quantitative estimate of drug-likeness (QED) is 0.578. The molecule has 1 amide bonds. The lowest BCUT2D eigenvalue weighted by molar-refractivity contribution is -0.176. The fraction of sp³-hybridized carbons (Fsp3) is 0.778. The van der Waals surface area contributed by atoms with Gasteiger partial charge in [0.1, 0.15) is 0 Å². The van der Waals surface area contributed by atoms with Gasteiger partial charge in [0.05, 0.1) is 16.6 Å². The first-order valence-corrected chi connectivity index (χ1v) is 8.85. The van der Waals surface area contributed by atoms with Crippen LogP contribution < -0.4 is 0 Å². The normalized spacial score (nSPS) is 38.7. The molecule has 5 aliphatic rings. The fourth-order valence-corrected chi connectivity index (χ4v) is 4.49. The van der Waals surface area contributed by atoms with E-state index in [0.29, 0.717) is 6.54 Å². The van der Waals surface area contributed by atoms with Gasteiger partial charge in [-0.25, -0.2) is 6.57 Å². The second kappa shape index (κ2) is 4.65. The van der Waals surface area contributed by atoms with Crippen LogP contribution in [0.4, 0.5) is 0 Å². The molecule has 4 fully saturated rings. The zero-order valence-electron chi connectivity index (χ0n) is 15.0. The summed E-state index contributed by atoms with van der Waals surface area (Å²) in [6.07, 6.45) is 5.21. The Labute approximate surface area is 144 Å². The number of carbonyl (C=O) groups excluding carboxylic acids is 1. The minimum atomic E-state index is -0.328. The van der Waals surface area contributed by atoms with E-state index in [1.807, 2.05) is 4.90 Å². The summed E-state index contributed by atoms with van der Waals surface area (Å²) >= 11 is 0. The van der Waals surface area contributed by atoms with E-state index in [4.69, 9.17) is 15.9 Å². The summed E-state index contributed by atoms with van der Waals surface area (Å²) in [7, 11) is -0.299. The van der Waals surface area contributed by atoms with Gasteiger partial charge < -0.3 is 19.1 Å². The topological polar surface area (TPSA) is 43.1 Å². The van der Waals surface area contributed by atoms with E-state index >= 15 is 0 Å². The summed E-state index contributed by atoms with van der Waals surface area (Å²) in [5, 5.41) is 0. The molecule has 0 spiro atoms. The lowest BCUT2D eigenvalue weighted by atomic mass is 9.39. The zero-order valence-corrected chi connectivity index (χ0v) is 15.0. The third-order valence-corrected chi connectivity index (χ3v) is 6.78. The highest BCUT2D eigenvalue weighted by atomic mass is 16.7. The van der Waals surface area contributed by atoms with E-state index in [0.717, 1.165) is 37.7 Å². The van der Waals surface area contributed by atoms with Crippen LogP contribution in [0.2, 0.25) is 0 Å². The Balaban J connectivity index is 1.39. The summed E-state index contributed by atoms with van der Waals surface area (Å²) < 4.78 is 12.2. The average Bonchev–Trinajstić information content (AvgIpc) is 2.65.